The average Bonchev–Trinajstić information content (AvgIpc) is 2.58. The number of carbonyl (C=O) groups excluding carboxylic acids is 1. The quantitative estimate of drug-likeness (QED) is 0.872. The standard InChI is InChI=1S/C17H26N2O4/c1-12-7-5-6-8-19(12)16(20)11-18-13-9-14(21-2)17(23-4)15(10-13)22-3/h9-10,12,18H,5-8,11H2,1-4H3. The molecule has 1 aliphatic heterocycles. The molecule has 2 rings (SSSR count). The zero-order chi connectivity index (χ0) is 16.8. The lowest BCUT2D eigenvalue weighted by Gasteiger charge is -2.33. The van der Waals surface area contributed by atoms with Gasteiger partial charge in [0.25, 0.3) is 0 Å². The molecular weight excluding hydrogens is 296 g/mol. The fraction of sp³-hybridized carbons (Fsp3) is 0.588. The summed E-state index contributed by atoms with van der Waals surface area (Å²) >= 11 is 0. The van der Waals surface area contributed by atoms with E-state index < -0.39 is 0 Å². The van der Waals surface area contributed by atoms with Gasteiger partial charge in [-0.15, -0.1) is 0 Å². The fourth-order valence-electron chi connectivity index (χ4n) is 2.93. The van der Waals surface area contributed by atoms with Crippen molar-refractivity contribution < 1.29 is 19.0 Å². The van der Waals surface area contributed by atoms with E-state index in [1.165, 1.54) is 6.42 Å². The van der Waals surface area contributed by atoms with Crippen LogP contribution in [0.1, 0.15) is 26.2 Å². The maximum Gasteiger partial charge on any atom is 0.242 e. The second kappa shape index (κ2) is 7.94. The molecule has 1 heterocycles. The molecule has 6 heteroatoms. The number of rotatable bonds is 6. The summed E-state index contributed by atoms with van der Waals surface area (Å²) < 4.78 is 15.9. The number of anilines is 1. The van der Waals surface area contributed by atoms with Gasteiger partial charge in [0.15, 0.2) is 11.5 Å². The number of methoxy groups -OCH3 is 3. The molecule has 1 unspecified atom stereocenters. The monoisotopic (exact) mass is 322 g/mol. The van der Waals surface area contributed by atoms with Crippen molar-refractivity contribution in [1.82, 2.24) is 4.90 Å². The first kappa shape index (κ1) is 17.2. The third-order valence-electron chi connectivity index (χ3n) is 4.23. The van der Waals surface area contributed by atoms with Crippen molar-refractivity contribution in [2.75, 3.05) is 39.7 Å². The number of piperidine rings is 1. The van der Waals surface area contributed by atoms with E-state index in [4.69, 9.17) is 14.2 Å². The van der Waals surface area contributed by atoms with Gasteiger partial charge in [-0.05, 0) is 26.2 Å². The summed E-state index contributed by atoms with van der Waals surface area (Å²) in [7, 11) is 4.71. The van der Waals surface area contributed by atoms with Crippen molar-refractivity contribution in [2.24, 2.45) is 0 Å². The zero-order valence-electron chi connectivity index (χ0n) is 14.3. The van der Waals surface area contributed by atoms with Gasteiger partial charge >= 0.3 is 0 Å². The molecule has 1 aliphatic rings. The van der Waals surface area contributed by atoms with Crippen molar-refractivity contribution in [1.29, 1.82) is 0 Å². The van der Waals surface area contributed by atoms with Gasteiger partial charge in [-0.3, -0.25) is 4.79 Å². The highest BCUT2D eigenvalue weighted by Gasteiger charge is 2.23. The summed E-state index contributed by atoms with van der Waals surface area (Å²) in [6.07, 6.45) is 3.36. The predicted octanol–water partition coefficient (Wildman–Crippen LogP) is 2.53. The highest BCUT2D eigenvalue weighted by molar-refractivity contribution is 5.81. The van der Waals surface area contributed by atoms with Crippen LogP contribution in [-0.4, -0.2) is 51.3 Å². The normalized spacial score (nSPS) is 17.6. The van der Waals surface area contributed by atoms with Gasteiger partial charge in [-0.1, -0.05) is 0 Å². The lowest BCUT2D eigenvalue weighted by atomic mass is 10.0. The Kier molecular flexibility index (Phi) is 5.96. The third-order valence-corrected chi connectivity index (χ3v) is 4.23. The molecule has 0 saturated carbocycles. The minimum absolute atomic E-state index is 0.117. The van der Waals surface area contributed by atoms with E-state index in [-0.39, 0.29) is 12.5 Å². The number of likely N-dealkylation sites (tertiary alicyclic amines) is 1. The van der Waals surface area contributed by atoms with E-state index in [0.717, 1.165) is 25.1 Å². The summed E-state index contributed by atoms with van der Waals surface area (Å²) in [5, 5.41) is 3.16. The van der Waals surface area contributed by atoms with Crippen LogP contribution in [0.2, 0.25) is 0 Å². The summed E-state index contributed by atoms with van der Waals surface area (Å²) in [5.74, 6) is 1.78. The van der Waals surface area contributed by atoms with Crippen LogP contribution in [-0.2, 0) is 4.79 Å². The van der Waals surface area contributed by atoms with E-state index in [1.54, 1.807) is 33.5 Å². The molecule has 0 bridgehead atoms. The molecule has 0 spiro atoms. The van der Waals surface area contributed by atoms with Gasteiger partial charge in [0, 0.05) is 30.4 Å². The molecule has 1 amide bonds. The maximum atomic E-state index is 12.4. The second-order valence-corrected chi connectivity index (χ2v) is 5.70. The first-order valence-corrected chi connectivity index (χ1v) is 7.94. The molecule has 1 saturated heterocycles. The van der Waals surface area contributed by atoms with Crippen molar-refractivity contribution >= 4 is 11.6 Å². The Morgan fingerprint density at radius 2 is 1.83 bits per heavy atom. The van der Waals surface area contributed by atoms with Crippen LogP contribution >= 0.6 is 0 Å². The summed E-state index contributed by atoms with van der Waals surface area (Å²) in [6, 6.07) is 3.92. The molecule has 1 N–H and O–H groups in total. The Bertz CT molecular complexity index is 522. The van der Waals surface area contributed by atoms with Crippen LogP contribution in [0.15, 0.2) is 12.1 Å². The van der Waals surface area contributed by atoms with Gasteiger partial charge in [0.2, 0.25) is 11.7 Å². The molecule has 1 fully saturated rings. The van der Waals surface area contributed by atoms with Crippen LogP contribution in [0.3, 0.4) is 0 Å². The van der Waals surface area contributed by atoms with E-state index in [1.807, 2.05) is 4.90 Å². The molecule has 0 radical (unpaired) electrons. The zero-order valence-corrected chi connectivity index (χ0v) is 14.3. The first-order valence-electron chi connectivity index (χ1n) is 7.94. The highest BCUT2D eigenvalue weighted by atomic mass is 16.5. The average molecular weight is 322 g/mol. The Morgan fingerprint density at radius 1 is 1.17 bits per heavy atom. The van der Waals surface area contributed by atoms with E-state index in [9.17, 15) is 4.79 Å². The number of benzene rings is 1. The number of nitrogens with zero attached hydrogens (tertiary/aromatic N) is 1. The van der Waals surface area contributed by atoms with Crippen LogP contribution < -0.4 is 19.5 Å². The Morgan fingerprint density at radius 3 is 2.35 bits per heavy atom. The summed E-state index contributed by atoms with van der Waals surface area (Å²) in [5.41, 5.74) is 0.762. The van der Waals surface area contributed by atoms with Gasteiger partial charge in [-0.2, -0.15) is 0 Å². The molecule has 23 heavy (non-hydrogen) atoms. The minimum Gasteiger partial charge on any atom is -0.493 e. The first-order chi connectivity index (χ1) is 11.1. The predicted molar refractivity (Wildman–Crippen MR) is 89.6 cm³/mol. The van der Waals surface area contributed by atoms with Gasteiger partial charge in [0.1, 0.15) is 0 Å². The van der Waals surface area contributed by atoms with Crippen LogP contribution in [0, 0.1) is 0 Å². The van der Waals surface area contributed by atoms with Crippen molar-refractivity contribution in [2.45, 2.75) is 32.2 Å². The highest BCUT2D eigenvalue weighted by Crippen LogP contribution is 2.39. The number of hydrogen-bond acceptors (Lipinski definition) is 5. The molecule has 0 aliphatic carbocycles. The summed E-state index contributed by atoms with van der Waals surface area (Å²) in [6.45, 7) is 3.20. The Hall–Kier alpha value is -2.11. The van der Waals surface area contributed by atoms with Crippen molar-refractivity contribution in [3.8, 4) is 17.2 Å². The van der Waals surface area contributed by atoms with Gasteiger partial charge in [0.05, 0.1) is 27.9 Å². The summed E-state index contributed by atoms with van der Waals surface area (Å²) in [4.78, 5) is 14.3. The Balaban J connectivity index is 2.06. The van der Waals surface area contributed by atoms with E-state index >= 15 is 0 Å². The topological polar surface area (TPSA) is 60.0 Å². The minimum atomic E-state index is 0.117. The van der Waals surface area contributed by atoms with Crippen molar-refractivity contribution in [3.05, 3.63) is 12.1 Å². The van der Waals surface area contributed by atoms with Crippen LogP contribution in [0.5, 0.6) is 17.2 Å². The number of ether oxygens (including phenoxy) is 3. The lowest BCUT2D eigenvalue weighted by Crippen LogP contribution is -2.44. The molecule has 128 valence electrons. The maximum absolute atomic E-state index is 12.4. The van der Waals surface area contributed by atoms with Gasteiger partial charge in [-0.25, -0.2) is 0 Å². The molecule has 1 atom stereocenters. The van der Waals surface area contributed by atoms with E-state index in [2.05, 4.69) is 12.2 Å². The SMILES string of the molecule is COc1cc(NCC(=O)N2CCCCC2C)cc(OC)c1OC. The van der Waals surface area contributed by atoms with Crippen LogP contribution in [0.25, 0.3) is 0 Å². The van der Waals surface area contributed by atoms with Crippen LogP contribution in [0.4, 0.5) is 5.69 Å². The number of nitrogens with one attached hydrogen (secondary N) is 1. The van der Waals surface area contributed by atoms with E-state index in [0.29, 0.717) is 23.3 Å². The smallest absolute Gasteiger partial charge is 0.242 e. The molecule has 0 aromatic heterocycles. The van der Waals surface area contributed by atoms with Crippen molar-refractivity contribution in [3.63, 3.8) is 0 Å². The number of amides is 1. The second-order valence-electron chi connectivity index (χ2n) is 5.70. The molecule has 1 aromatic rings. The third kappa shape index (κ3) is 4.00. The molecule has 6 nitrogen and oxygen atoms in total. The number of carbonyl (C=O) groups is 1. The van der Waals surface area contributed by atoms with Gasteiger partial charge < -0.3 is 24.4 Å². The lowest BCUT2D eigenvalue weighted by molar-refractivity contribution is -0.132. The largest absolute Gasteiger partial charge is 0.493 e. The molecular formula is C17H26N2O4. The fourth-order valence-corrected chi connectivity index (χ4v) is 2.93. The molecule has 1 aromatic carbocycles. The number of hydrogen-bond donors (Lipinski definition) is 1. The Labute approximate surface area is 137 Å².